The summed E-state index contributed by atoms with van der Waals surface area (Å²) >= 11 is 0. The minimum absolute atomic E-state index is 0.0149. The van der Waals surface area contributed by atoms with Crippen LogP contribution in [0.3, 0.4) is 0 Å². The number of nitrogens with zero attached hydrogens (tertiary/aromatic N) is 2. The largest absolute Gasteiger partial charge is 0.481 e. The first-order valence-electron chi connectivity index (χ1n) is 6.47. The minimum atomic E-state index is -0.865. The maximum atomic E-state index is 12.0. The van der Waals surface area contributed by atoms with Crippen molar-refractivity contribution in [3.63, 3.8) is 0 Å². The molecular formula is C13H20N2O5. The van der Waals surface area contributed by atoms with Gasteiger partial charge in [-0.3, -0.25) is 9.59 Å². The second-order valence-corrected chi connectivity index (χ2v) is 4.74. The normalized spacial score (nSPS) is 10.6. The third-order valence-corrected chi connectivity index (χ3v) is 2.68. The molecule has 1 N–H and O–H groups in total. The molecule has 0 fully saturated rings. The van der Waals surface area contributed by atoms with E-state index in [1.807, 2.05) is 13.8 Å². The van der Waals surface area contributed by atoms with Crippen molar-refractivity contribution >= 4 is 11.9 Å². The van der Waals surface area contributed by atoms with Crippen molar-refractivity contribution in [2.24, 2.45) is 0 Å². The van der Waals surface area contributed by atoms with E-state index < -0.39 is 5.97 Å². The van der Waals surface area contributed by atoms with Crippen LogP contribution in [0.1, 0.15) is 32.4 Å². The van der Waals surface area contributed by atoms with Gasteiger partial charge < -0.3 is 19.3 Å². The van der Waals surface area contributed by atoms with Crippen molar-refractivity contribution in [3.05, 3.63) is 11.8 Å². The molecule has 7 heteroatoms. The molecule has 1 amide bonds. The molecule has 1 rings (SSSR count). The average Bonchev–Trinajstić information content (AvgIpc) is 2.77. The number of carboxylic acids is 1. The van der Waals surface area contributed by atoms with E-state index in [2.05, 4.69) is 5.16 Å². The van der Waals surface area contributed by atoms with Crippen molar-refractivity contribution in [1.29, 1.82) is 0 Å². The van der Waals surface area contributed by atoms with Gasteiger partial charge >= 0.3 is 5.97 Å². The van der Waals surface area contributed by atoms with E-state index in [1.165, 1.54) is 0 Å². The summed E-state index contributed by atoms with van der Waals surface area (Å²) in [5, 5.41) is 12.2. The highest BCUT2D eigenvalue weighted by atomic mass is 16.5. The van der Waals surface area contributed by atoms with Crippen LogP contribution >= 0.6 is 0 Å². The second kappa shape index (κ2) is 7.52. The molecular weight excluding hydrogens is 264 g/mol. The molecule has 0 radical (unpaired) electrons. The van der Waals surface area contributed by atoms with Crippen LogP contribution in [0.2, 0.25) is 0 Å². The van der Waals surface area contributed by atoms with E-state index in [0.29, 0.717) is 18.7 Å². The van der Waals surface area contributed by atoms with Gasteiger partial charge in [-0.1, -0.05) is 0 Å². The SMILES string of the molecule is Cc1cc(OCC(=O)N(CCCC(=O)O)C(C)C)no1. The molecule has 1 aromatic heterocycles. The van der Waals surface area contributed by atoms with E-state index in [1.54, 1.807) is 17.9 Å². The number of aryl methyl sites for hydroxylation is 1. The van der Waals surface area contributed by atoms with E-state index in [4.69, 9.17) is 14.4 Å². The highest BCUT2D eigenvalue weighted by molar-refractivity contribution is 5.78. The van der Waals surface area contributed by atoms with Crippen molar-refractivity contribution in [2.75, 3.05) is 13.2 Å². The molecule has 0 aromatic carbocycles. The summed E-state index contributed by atoms with van der Waals surface area (Å²) in [6, 6.07) is 1.58. The van der Waals surface area contributed by atoms with Crippen LogP contribution in [-0.4, -0.2) is 46.2 Å². The first-order valence-corrected chi connectivity index (χ1v) is 6.47. The van der Waals surface area contributed by atoms with Gasteiger partial charge in [0.1, 0.15) is 5.76 Å². The molecule has 7 nitrogen and oxygen atoms in total. The van der Waals surface area contributed by atoms with Crippen LogP contribution < -0.4 is 4.74 Å². The van der Waals surface area contributed by atoms with Crippen LogP contribution in [0.15, 0.2) is 10.6 Å². The number of aliphatic carboxylic acids is 1. The highest BCUT2D eigenvalue weighted by Gasteiger charge is 2.18. The molecule has 0 aliphatic rings. The number of carbonyl (C=O) groups is 2. The molecule has 0 bridgehead atoms. The Morgan fingerprint density at radius 2 is 2.20 bits per heavy atom. The number of hydrogen-bond donors (Lipinski definition) is 1. The second-order valence-electron chi connectivity index (χ2n) is 4.74. The van der Waals surface area contributed by atoms with E-state index in [-0.39, 0.29) is 30.9 Å². The summed E-state index contributed by atoms with van der Waals surface area (Å²) in [7, 11) is 0. The molecule has 0 aliphatic carbocycles. The maximum Gasteiger partial charge on any atom is 0.303 e. The van der Waals surface area contributed by atoms with Crippen LogP contribution in [0, 0.1) is 6.92 Å². The first kappa shape index (κ1) is 16.0. The molecule has 112 valence electrons. The van der Waals surface area contributed by atoms with Gasteiger partial charge in [-0.15, -0.1) is 0 Å². The lowest BCUT2D eigenvalue weighted by Gasteiger charge is -2.26. The topological polar surface area (TPSA) is 92.9 Å². The van der Waals surface area contributed by atoms with Gasteiger partial charge in [0, 0.05) is 25.1 Å². The molecule has 1 heterocycles. The molecule has 1 aromatic rings. The first-order chi connectivity index (χ1) is 9.40. The van der Waals surface area contributed by atoms with Gasteiger partial charge in [0.15, 0.2) is 6.61 Å². The quantitative estimate of drug-likeness (QED) is 0.777. The predicted molar refractivity (Wildman–Crippen MR) is 70.5 cm³/mol. The molecule has 0 unspecified atom stereocenters. The van der Waals surface area contributed by atoms with Gasteiger partial charge in [-0.25, -0.2) is 0 Å². The van der Waals surface area contributed by atoms with Crippen molar-refractivity contribution in [1.82, 2.24) is 10.1 Å². The number of carboxylic acid groups (broad SMARTS) is 1. The Morgan fingerprint density at radius 1 is 1.50 bits per heavy atom. The summed E-state index contributed by atoms with van der Waals surface area (Å²) in [6.45, 7) is 5.73. The zero-order valence-electron chi connectivity index (χ0n) is 12.0. The number of amides is 1. The Labute approximate surface area is 117 Å². The van der Waals surface area contributed by atoms with Crippen LogP contribution in [0.5, 0.6) is 5.88 Å². The third-order valence-electron chi connectivity index (χ3n) is 2.68. The Kier molecular flexibility index (Phi) is 6.02. The number of aromatic nitrogens is 1. The number of rotatable bonds is 8. The van der Waals surface area contributed by atoms with Gasteiger partial charge in [-0.2, -0.15) is 0 Å². The summed E-state index contributed by atoms with van der Waals surface area (Å²) in [4.78, 5) is 24.1. The van der Waals surface area contributed by atoms with Crippen molar-refractivity contribution < 1.29 is 24.0 Å². The standard InChI is InChI=1S/C13H20N2O5/c1-9(2)15(6-4-5-13(17)18)12(16)8-19-11-7-10(3)20-14-11/h7,9H,4-6,8H2,1-3H3,(H,17,18). The van der Waals surface area contributed by atoms with Crippen LogP contribution in [-0.2, 0) is 9.59 Å². The minimum Gasteiger partial charge on any atom is -0.481 e. The van der Waals surface area contributed by atoms with Crippen LogP contribution in [0.4, 0.5) is 0 Å². The van der Waals surface area contributed by atoms with Gasteiger partial charge in [0.2, 0.25) is 0 Å². The lowest BCUT2D eigenvalue weighted by molar-refractivity contribution is -0.139. The van der Waals surface area contributed by atoms with Gasteiger partial charge in [0.05, 0.1) is 0 Å². The molecule has 0 aliphatic heterocycles. The summed E-state index contributed by atoms with van der Waals surface area (Å²) in [5.74, 6) is -0.193. The summed E-state index contributed by atoms with van der Waals surface area (Å²) in [6.07, 6.45) is 0.460. The monoisotopic (exact) mass is 284 g/mol. The molecule has 0 saturated carbocycles. The smallest absolute Gasteiger partial charge is 0.303 e. The summed E-state index contributed by atoms with van der Waals surface area (Å²) in [5.41, 5.74) is 0. The fourth-order valence-electron chi connectivity index (χ4n) is 1.70. The average molecular weight is 284 g/mol. The molecule has 0 spiro atoms. The Bertz CT molecular complexity index is 455. The van der Waals surface area contributed by atoms with Crippen molar-refractivity contribution in [3.8, 4) is 5.88 Å². The van der Waals surface area contributed by atoms with E-state index in [0.717, 1.165) is 0 Å². The molecule has 20 heavy (non-hydrogen) atoms. The Hall–Kier alpha value is -2.05. The van der Waals surface area contributed by atoms with Gasteiger partial charge in [-0.05, 0) is 32.3 Å². The predicted octanol–water partition coefficient (Wildman–Crippen LogP) is 1.46. The number of ether oxygens (including phenoxy) is 1. The van der Waals surface area contributed by atoms with Crippen molar-refractivity contribution in [2.45, 2.75) is 39.7 Å². The zero-order valence-corrected chi connectivity index (χ0v) is 12.0. The lowest BCUT2D eigenvalue weighted by Crippen LogP contribution is -2.40. The third kappa shape index (κ3) is 5.29. The van der Waals surface area contributed by atoms with Crippen LogP contribution in [0.25, 0.3) is 0 Å². The highest BCUT2D eigenvalue weighted by Crippen LogP contribution is 2.10. The summed E-state index contributed by atoms with van der Waals surface area (Å²) < 4.78 is 10.1. The van der Waals surface area contributed by atoms with E-state index >= 15 is 0 Å². The van der Waals surface area contributed by atoms with E-state index in [9.17, 15) is 9.59 Å². The Balaban J connectivity index is 2.45. The number of carbonyl (C=O) groups excluding carboxylic acids is 1. The zero-order chi connectivity index (χ0) is 15.1. The maximum absolute atomic E-state index is 12.0. The molecule has 0 atom stereocenters. The van der Waals surface area contributed by atoms with Gasteiger partial charge in [0.25, 0.3) is 11.8 Å². The lowest BCUT2D eigenvalue weighted by atomic mass is 10.2. The Morgan fingerprint density at radius 3 is 2.70 bits per heavy atom. The number of hydrogen-bond acceptors (Lipinski definition) is 5. The fraction of sp³-hybridized carbons (Fsp3) is 0.615. The molecule has 0 saturated heterocycles. The fourth-order valence-corrected chi connectivity index (χ4v) is 1.70.